The molecular formula is C33H43N5O9S. The second kappa shape index (κ2) is 14.9. The van der Waals surface area contributed by atoms with E-state index in [-0.39, 0.29) is 38.3 Å². The Labute approximate surface area is 280 Å². The maximum absolute atomic E-state index is 13.6. The van der Waals surface area contributed by atoms with Crippen LogP contribution in [0.1, 0.15) is 81.4 Å². The largest absolute Gasteiger partial charge is 0.444 e. The number of carbonyl (C=O) groups excluding carboxylic acids is 5. The molecule has 14 nitrogen and oxygen atoms in total. The van der Waals surface area contributed by atoms with E-state index in [1.54, 1.807) is 11.8 Å². The number of rotatable bonds is 8. The first-order chi connectivity index (χ1) is 22.9. The third-order valence-corrected chi connectivity index (χ3v) is 10.0. The minimum Gasteiger partial charge on any atom is -0.444 e. The van der Waals surface area contributed by atoms with Crippen LogP contribution in [-0.2, 0) is 51.5 Å². The van der Waals surface area contributed by atoms with Gasteiger partial charge in [-0.2, -0.15) is 8.42 Å². The molecule has 0 spiro atoms. The van der Waals surface area contributed by atoms with E-state index in [2.05, 4.69) is 29.4 Å². The highest BCUT2D eigenvalue weighted by atomic mass is 32.2. The fourth-order valence-electron chi connectivity index (χ4n) is 6.06. The normalized spacial score (nSPS) is 23.5. The topological polar surface area (TPSA) is 181 Å². The van der Waals surface area contributed by atoms with Crippen LogP contribution in [0.4, 0.5) is 4.79 Å². The first-order valence-corrected chi connectivity index (χ1v) is 17.7. The van der Waals surface area contributed by atoms with Gasteiger partial charge in [-0.3, -0.25) is 24.1 Å². The van der Waals surface area contributed by atoms with Crippen molar-refractivity contribution in [2.75, 3.05) is 13.1 Å². The number of hydrogen-bond acceptors (Lipinski definition) is 9. The van der Waals surface area contributed by atoms with Crippen LogP contribution in [-0.4, -0.2) is 84.8 Å². The van der Waals surface area contributed by atoms with Crippen LogP contribution in [0, 0.1) is 0 Å². The summed E-state index contributed by atoms with van der Waals surface area (Å²) in [6.45, 7) is 5.41. The molecule has 1 aromatic carbocycles. The second-order valence-corrected chi connectivity index (χ2v) is 14.2. The second-order valence-electron chi connectivity index (χ2n) is 13.0. The first-order valence-electron chi connectivity index (χ1n) is 16.3. The molecule has 5 amide bonds. The third-order valence-electron chi connectivity index (χ3n) is 8.97. The molecule has 1 aromatic rings. The highest BCUT2D eigenvalue weighted by Gasteiger charge is 2.45. The average Bonchev–Trinajstić information content (AvgIpc) is 3.38. The molecule has 1 saturated carbocycles. The zero-order valence-electron chi connectivity index (χ0n) is 27.1. The highest BCUT2D eigenvalue weighted by Crippen LogP contribution is 2.39. The van der Waals surface area contributed by atoms with E-state index in [4.69, 9.17) is 8.92 Å². The number of benzene rings is 1. The number of allylic oxidation sites excluding steroid dienone is 1. The van der Waals surface area contributed by atoms with Gasteiger partial charge in [0, 0.05) is 19.4 Å². The molecule has 5 rings (SSSR count). The zero-order chi connectivity index (χ0) is 34.5. The van der Waals surface area contributed by atoms with Crippen molar-refractivity contribution in [2.45, 2.75) is 102 Å². The molecule has 2 fully saturated rings. The van der Waals surface area contributed by atoms with Crippen molar-refractivity contribution >= 4 is 46.1 Å². The zero-order valence-corrected chi connectivity index (χ0v) is 27.9. The predicted octanol–water partition coefficient (Wildman–Crippen LogP) is 2.19. The van der Waals surface area contributed by atoms with E-state index < -0.39 is 57.9 Å². The summed E-state index contributed by atoms with van der Waals surface area (Å²) in [5, 5.41) is 5.14. The van der Waals surface area contributed by atoms with Crippen LogP contribution in [0.2, 0.25) is 0 Å². The number of nitrogens with zero attached hydrogens (tertiary/aromatic N) is 2. The standard InChI is InChI=1S/C33H43N5O9S/c1-3-10-26(30(41)36-48(44,45)47-33(2)15-16-33)35-31(42)27-17-24-20-38(27)29(40)18-34-28(39)14-8-6-4-5-7-11-22-12-9-13-23-19-37(21-25(22)23)32(43)46-24/h3,7,9,11-13,24,26-27H,1,4-6,8,10,14-21H2,2H3,(H,34,39)(H,35,42)(H,36,41). The van der Waals surface area contributed by atoms with Gasteiger partial charge in [-0.1, -0.05) is 42.8 Å². The molecule has 1 aliphatic carbocycles. The van der Waals surface area contributed by atoms with E-state index in [9.17, 15) is 32.4 Å². The fraction of sp³-hybridized carbons (Fsp3) is 0.545. The van der Waals surface area contributed by atoms with Crippen molar-refractivity contribution in [3.8, 4) is 0 Å². The van der Waals surface area contributed by atoms with Crippen LogP contribution in [0.5, 0.6) is 0 Å². The van der Waals surface area contributed by atoms with Gasteiger partial charge in [0.25, 0.3) is 5.91 Å². The Morgan fingerprint density at radius 2 is 1.98 bits per heavy atom. The number of fused-ring (bicyclic) bond motifs is 3. The van der Waals surface area contributed by atoms with Crippen molar-refractivity contribution in [2.24, 2.45) is 0 Å². The summed E-state index contributed by atoms with van der Waals surface area (Å²) < 4.78 is 37.6. The lowest BCUT2D eigenvalue weighted by atomic mass is 10.0. The van der Waals surface area contributed by atoms with Crippen molar-refractivity contribution in [3.05, 3.63) is 53.6 Å². The monoisotopic (exact) mass is 685 g/mol. The Morgan fingerprint density at radius 3 is 2.73 bits per heavy atom. The molecule has 4 aliphatic rings. The summed E-state index contributed by atoms with van der Waals surface area (Å²) in [5.41, 5.74) is 2.19. The van der Waals surface area contributed by atoms with E-state index in [0.29, 0.717) is 32.4 Å². The lowest BCUT2D eigenvalue weighted by molar-refractivity contribution is -0.139. The maximum atomic E-state index is 13.6. The minimum absolute atomic E-state index is 0.0752. The molecule has 0 aromatic heterocycles. The van der Waals surface area contributed by atoms with Crippen LogP contribution < -0.4 is 15.4 Å². The van der Waals surface area contributed by atoms with Crippen molar-refractivity contribution in [3.63, 3.8) is 0 Å². The Balaban J connectivity index is 1.31. The van der Waals surface area contributed by atoms with Gasteiger partial charge in [0.1, 0.15) is 18.2 Å². The summed E-state index contributed by atoms with van der Waals surface area (Å²) in [5.74, 6) is -2.67. The Hall–Kier alpha value is -4.24. The third kappa shape index (κ3) is 9.01. The summed E-state index contributed by atoms with van der Waals surface area (Å²) in [6.07, 6.45) is 8.35. The van der Waals surface area contributed by atoms with Gasteiger partial charge in [0.2, 0.25) is 17.7 Å². The van der Waals surface area contributed by atoms with Crippen LogP contribution >= 0.6 is 0 Å². The van der Waals surface area contributed by atoms with Gasteiger partial charge in [0.15, 0.2) is 0 Å². The number of amides is 5. The van der Waals surface area contributed by atoms with E-state index in [1.807, 2.05) is 22.9 Å². The molecule has 48 heavy (non-hydrogen) atoms. The van der Waals surface area contributed by atoms with E-state index in [1.165, 1.54) is 11.0 Å². The van der Waals surface area contributed by atoms with Gasteiger partial charge in [-0.15, -0.1) is 6.58 Å². The van der Waals surface area contributed by atoms with Gasteiger partial charge < -0.3 is 20.3 Å². The fourth-order valence-corrected chi connectivity index (χ4v) is 7.19. The number of ether oxygens (including phenoxy) is 1. The van der Waals surface area contributed by atoms with Crippen molar-refractivity contribution < 1.29 is 41.3 Å². The molecule has 0 radical (unpaired) electrons. The average molecular weight is 686 g/mol. The molecule has 3 unspecified atom stereocenters. The van der Waals surface area contributed by atoms with Crippen molar-refractivity contribution in [1.29, 1.82) is 0 Å². The molecule has 260 valence electrons. The van der Waals surface area contributed by atoms with Crippen LogP contribution in [0.3, 0.4) is 0 Å². The van der Waals surface area contributed by atoms with Crippen molar-refractivity contribution in [1.82, 2.24) is 25.2 Å². The van der Waals surface area contributed by atoms with Gasteiger partial charge in [-0.05, 0) is 62.1 Å². The Bertz CT molecular complexity index is 1590. The number of nitrogens with one attached hydrogen (secondary N) is 3. The smallest absolute Gasteiger partial charge is 0.410 e. The quantitative estimate of drug-likeness (QED) is 0.346. The molecular weight excluding hydrogens is 642 g/mol. The molecule has 4 bridgehead atoms. The SMILES string of the molecule is C=CCC(NC(=O)C1CC2CN1C(=O)CNC(=O)CCCCCC=Cc1cccc3c1CN(C3)C(=O)O2)C(=O)NS(=O)(=O)OC1(C)CC1. The molecule has 15 heteroatoms. The molecule has 3 heterocycles. The van der Waals surface area contributed by atoms with E-state index in [0.717, 1.165) is 36.0 Å². The minimum atomic E-state index is -4.45. The lowest BCUT2D eigenvalue weighted by Crippen LogP contribution is -2.54. The van der Waals surface area contributed by atoms with E-state index >= 15 is 0 Å². The Morgan fingerprint density at radius 1 is 1.19 bits per heavy atom. The number of hydrogen-bond donors (Lipinski definition) is 3. The molecule has 3 atom stereocenters. The lowest BCUT2D eigenvalue weighted by Gasteiger charge is -2.26. The summed E-state index contributed by atoms with van der Waals surface area (Å²) in [6, 6.07) is 3.38. The van der Waals surface area contributed by atoms with Gasteiger partial charge in [0.05, 0.1) is 25.2 Å². The summed E-state index contributed by atoms with van der Waals surface area (Å²) in [4.78, 5) is 68.6. The van der Waals surface area contributed by atoms with Gasteiger partial charge >= 0.3 is 16.4 Å². The molecule has 1 saturated heterocycles. The van der Waals surface area contributed by atoms with Gasteiger partial charge in [-0.25, -0.2) is 13.7 Å². The summed E-state index contributed by atoms with van der Waals surface area (Å²) >= 11 is 0. The van der Waals surface area contributed by atoms with Crippen LogP contribution in [0.25, 0.3) is 6.08 Å². The molecule has 3 N–H and O–H groups in total. The van der Waals surface area contributed by atoms with Crippen LogP contribution in [0.15, 0.2) is 36.9 Å². The Kier molecular flexibility index (Phi) is 10.9. The predicted molar refractivity (Wildman–Crippen MR) is 174 cm³/mol. The first kappa shape index (κ1) is 35.1. The maximum Gasteiger partial charge on any atom is 0.410 e. The number of carbonyl (C=O) groups is 5. The summed E-state index contributed by atoms with van der Waals surface area (Å²) in [7, 11) is -4.45. The molecule has 3 aliphatic heterocycles. The highest BCUT2D eigenvalue weighted by molar-refractivity contribution is 7.85.